The Kier molecular flexibility index (Phi) is 12.4. The van der Waals surface area contributed by atoms with Crippen molar-refractivity contribution >= 4 is 23.4 Å². The lowest BCUT2D eigenvalue weighted by atomic mass is 10.1. The van der Waals surface area contributed by atoms with Crippen molar-refractivity contribution in [1.82, 2.24) is 4.90 Å². The predicted molar refractivity (Wildman–Crippen MR) is 143 cm³/mol. The van der Waals surface area contributed by atoms with Crippen LogP contribution in [0.2, 0.25) is 5.02 Å². The Morgan fingerprint density at radius 1 is 0.889 bits per heavy atom. The summed E-state index contributed by atoms with van der Waals surface area (Å²) in [4.78, 5) is 25.8. The number of azo groups is 1. The van der Waals surface area contributed by atoms with Gasteiger partial charge in [-0.2, -0.15) is 5.11 Å². The minimum Gasteiger partial charge on any atom is -0.494 e. The fourth-order valence-electron chi connectivity index (χ4n) is 3.68. The van der Waals surface area contributed by atoms with Crippen LogP contribution in [0.4, 0.5) is 0 Å². The largest absolute Gasteiger partial charge is 0.494 e. The maximum Gasteiger partial charge on any atom is 0.264 e. The molecule has 0 radical (unpaired) electrons. The van der Waals surface area contributed by atoms with Gasteiger partial charge in [0.1, 0.15) is 11.5 Å². The number of amides is 2. The van der Waals surface area contributed by atoms with Crippen LogP contribution in [0.25, 0.3) is 0 Å². The molecule has 2 aromatic carbocycles. The van der Waals surface area contributed by atoms with E-state index in [0.29, 0.717) is 42.5 Å². The summed E-state index contributed by atoms with van der Waals surface area (Å²) >= 11 is 6.40. The lowest BCUT2D eigenvalue weighted by molar-refractivity contribution is -0.118. The van der Waals surface area contributed by atoms with E-state index in [2.05, 4.69) is 10.2 Å². The normalized spacial score (nSPS) is 11.3. The number of unbranched alkanes of at least 4 members (excludes halogenated alkanes) is 2. The summed E-state index contributed by atoms with van der Waals surface area (Å²) in [5.41, 5.74) is 1.47. The Hall–Kier alpha value is -2.93. The average Bonchev–Trinajstić information content (AvgIpc) is 2.83. The molecule has 36 heavy (non-hydrogen) atoms. The van der Waals surface area contributed by atoms with Crippen LogP contribution in [0.5, 0.6) is 11.5 Å². The van der Waals surface area contributed by atoms with Gasteiger partial charge in [-0.3, -0.25) is 9.59 Å². The zero-order chi connectivity index (χ0) is 26.5. The first-order valence-electron chi connectivity index (χ1n) is 12.6. The van der Waals surface area contributed by atoms with E-state index in [1.807, 2.05) is 56.9 Å². The van der Waals surface area contributed by atoms with Crippen LogP contribution >= 0.6 is 11.6 Å². The first kappa shape index (κ1) is 29.3. The molecule has 0 unspecified atom stereocenters. The minimum absolute atomic E-state index is 0.0693. The van der Waals surface area contributed by atoms with Crippen molar-refractivity contribution in [2.75, 3.05) is 13.2 Å². The number of nitrogens with zero attached hydrogens (tertiary/aromatic N) is 3. The molecule has 2 amide bonds. The number of halogens is 1. The summed E-state index contributed by atoms with van der Waals surface area (Å²) in [7, 11) is 0. The molecule has 0 N–H and O–H groups in total. The molecule has 0 saturated carbocycles. The maximum absolute atomic E-state index is 12.9. The molecule has 0 saturated heterocycles. The highest BCUT2D eigenvalue weighted by molar-refractivity contribution is 6.34. The maximum atomic E-state index is 12.9. The molecule has 0 fully saturated rings. The van der Waals surface area contributed by atoms with Crippen molar-refractivity contribution in [2.24, 2.45) is 10.2 Å². The van der Waals surface area contributed by atoms with Gasteiger partial charge in [0.05, 0.1) is 30.3 Å². The van der Waals surface area contributed by atoms with Gasteiger partial charge in [-0.1, -0.05) is 30.7 Å². The third-order valence-corrected chi connectivity index (χ3v) is 5.82. The molecule has 7 nitrogen and oxygen atoms in total. The molecule has 0 aliphatic rings. The number of carbonyl (C=O) groups excluding carboxylic acids is 2. The summed E-state index contributed by atoms with van der Waals surface area (Å²) in [5, 5.41) is 7.93. The second-order valence-corrected chi connectivity index (χ2v) is 9.50. The highest BCUT2D eigenvalue weighted by Crippen LogP contribution is 2.25. The van der Waals surface area contributed by atoms with Gasteiger partial charge in [-0.25, -0.2) is 0 Å². The lowest BCUT2D eigenvalue weighted by Crippen LogP contribution is -2.42. The number of hydrogen-bond acceptors (Lipinski definition) is 5. The fourth-order valence-corrected chi connectivity index (χ4v) is 3.93. The first-order chi connectivity index (χ1) is 17.2. The fraction of sp³-hybridized carbons (Fsp3) is 0.500. The van der Waals surface area contributed by atoms with Gasteiger partial charge in [0.25, 0.3) is 11.8 Å². The molecule has 0 aliphatic heterocycles. The Morgan fingerprint density at radius 3 is 2.03 bits per heavy atom. The monoisotopic (exact) mass is 515 g/mol. The molecule has 0 atom stereocenters. The van der Waals surface area contributed by atoms with E-state index < -0.39 is 0 Å². The number of carbonyl (C=O) groups is 2. The third-order valence-electron chi connectivity index (χ3n) is 5.51. The van der Waals surface area contributed by atoms with E-state index in [4.69, 9.17) is 21.1 Å². The number of hydrogen-bond donors (Lipinski definition) is 0. The van der Waals surface area contributed by atoms with Crippen molar-refractivity contribution in [2.45, 2.75) is 78.9 Å². The van der Waals surface area contributed by atoms with E-state index in [0.717, 1.165) is 30.6 Å². The van der Waals surface area contributed by atoms with Crippen molar-refractivity contribution in [1.29, 1.82) is 0 Å². The Labute approximate surface area is 219 Å². The predicted octanol–water partition coefficient (Wildman–Crippen LogP) is 7.12. The van der Waals surface area contributed by atoms with Crippen LogP contribution in [0.15, 0.2) is 52.7 Å². The quantitative estimate of drug-likeness (QED) is 0.198. The molecule has 8 heteroatoms. The molecule has 2 aromatic rings. The van der Waals surface area contributed by atoms with Gasteiger partial charge < -0.3 is 14.4 Å². The molecule has 0 aromatic heterocycles. The van der Waals surface area contributed by atoms with E-state index >= 15 is 0 Å². The van der Waals surface area contributed by atoms with Gasteiger partial charge in [-0.05, 0) is 82.9 Å². The van der Waals surface area contributed by atoms with Gasteiger partial charge in [0.15, 0.2) is 0 Å². The number of rotatable bonds is 14. The highest BCUT2D eigenvalue weighted by Gasteiger charge is 2.23. The minimum atomic E-state index is -0.214. The van der Waals surface area contributed by atoms with Crippen molar-refractivity contribution < 1.29 is 19.1 Å². The molecule has 0 aliphatic carbocycles. The number of benzene rings is 2. The van der Waals surface area contributed by atoms with Crippen LogP contribution in [0.3, 0.4) is 0 Å². The van der Waals surface area contributed by atoms with Crippen molar-refractivity contribution in [3.05, 3.63) is 58.6 Å². The Balaban J connectivity index is 1.68. The zero-order valence-electron chi connectivity index (χ0n) is 22.0. The van der Waals surface area contributed by atoms with Crippen molar-refractivity contribution in [3.63, 3.8) is 0 Å². The zero-order valence-corrected chi connectivity index (χ0v) is 22.8. The summed E-state index contributed by atoms with van der Waals surface area (Å²) < 4.78 is 11.6. The summed E-state index contributed by atoms with van der Waals surface area (Å²) in [6, 6.07) is 13.1. The van der Waals surface area contributed by atoms with Gasteiger partial charge in [0.2, 0.25) is 0 Å². The molecule has 0 heterocycles. The average molecular weight is 516 g/mol. The molecule has 0 bridgehead atoms. The first-order valence-corrected chi connectivity index (χ1v) is 13.0. The molecule has 196 valence electrons. The third kappa shape index (κ3) is 9.61. The van der Waals surface area contributed by atoms with E-state index in [1.165, 1.54) is 0 Å². The van der Waals surface area contributed by atoms with E-state index in [9.17, 15) is 9.59 Å². The van der Waals surface area contributed by atoms with Crippen LogP contribution < -0.4 is 9.47 Å². The summed E-state index contributed by atoms with van der Waals surface area (Å²) in [5.74, 6) is 1.18. The van der Waals surface area contributed by atoms with Crippen LogP contribution in [-0.2, 0) is 11.3 Å². The molecular formula is C28H38ClN3O4. The standard InChI is InChI=1S/C28H38ClN3O4/c1-6-27(33)31-30-19-22-10-12-23(13-11-22)35-16-8-7-9-17-36-24-14-15-25(26(29)18-24)28(34)32(20(2)3)21(4)5/h10-15,18,20-21H,6-9,16-17,19H2,1-5H3. The molecular weight excluding hydrogens is 478 g/mol. The number of ether oxygens (including phenoxy) is 2. The summed E-state index contributed by atoms with van der Waals surface area (Å²) in [6.45, 7) is 11.3. The highest BCUT2D eigenvalue weighted by atomic mass is 35.5. The van der Waals surface area contributed by atoms with Crippen LogP contribution in [-0.4, -0.2) is 42.0 Å². The lowest BCUT2D eigenvalue weighted by Gasteiger charge is -2.31. The van der Waals surface area contributed by atoms with Gasteiger partial charge in [-0.15, -0.1) is 5.11 Å². The van der Waals surface area contributed by atoms with E-state index in [-0.39, 0.29) is 23.9 Å². The Bertz CT molecular complexity index is 998. The second-order valence-electron chi connectivity index (χ2n) is 9.09. The van der Waals surface area contributed by atoms with Crippen LogP contribution in [0.1, 0.15) is 76.2 Å². The van der Waals surface area contributed by atoms with Gasteiger partial charge >= 0.3 is 0 Å². The van der Waals surface area contributed by atoms with Crippen LogP contribution in [0, 0.1) is 0 Å². The molecule has 0 spiro atoms. The topological polar surface area (TPSA) is 80.6 Å². The van der Waals surface area contributed by atoms with Crippen molar-refractivity contribution in [3.8, 4) is 11.5 Å². The second kappa shape index (κ2) is 15.2. The SMILES string of the molecule is CCC(=O)N=NCc1ccc(OCCCCCOc2ccc(C(=O)N(C(C)C)C(C)C)c(Cl)c2)cc1. The smallest absolute Gasteiger partial charge is 0.264 e. The van der Waals surface area contributed by atoms with Gasteiger partial charge in [0, 0.05) is 18.5 Å². The summed E-state index contributed by atoms with van der Waals surface area (Å²) in [6.07, 6.45) is 3.12. The van der Waals surface area contributed by atoms with E-state index in [1.54, 1.807) is 25.1 Å². The Morgan fingerprint density at radius 2 is 1.47 bits per heavy atom. The molecule has 2 rings (SSSR count).